The summed E-state index contributed by atoms with van der Waals surface area (Å²) in [5.41, 5.74) is 4.41. The predicted octanol–water partition coefficient (Wildman–Crippen LogP) is 6.63. The molecule has 0 unspecified atom stereocenters. The zero-order valence-electron chi connectivity index (χ0n) is 17.9. The summed E-state index contributed by atoms with van der Waals surface area (Å²) in [6, 6.07) is 23.7. The molecule has 0 radical (unpaired) electrons. The van der Waals surface area contributed by atoms with Gasteiger partial charge < -0.3 is 4.74 Å². The van der Waals surface area contributed by atoms with Gasteiger partial charge >= 0.3 is 0 Å². The molecule has 0 amide bonds. The Hall–Kier alpha value is -3.55. The summed E-state index contributed by atoms with van der Waals surface area (Å²) < 4.78 is 34.9. The Morgan fingerprint density at radius 2 is 1.59 bits per heavy atom. The zero-order chi connectivity index (χ0) is 22.5. The monoisotopic (exact) mass is 427 g/mol. The van der Waals surface area contributed by atoms with Crippen LogP contribution in [0.25, 0.3) is 21.9 Å². The number of fused-ring (bicyclic) bond motifs is 1. The van der Waals surface area contributed by atoms with Gasteiger partial charge in [0.05, 0.1) is 18.2 Å². The zero-order valence-corrected chi connectivity index (χ0v) is 17.9. The molecule has 0 atom stereocenters. The van der Waals surface area contributed by atoms with Crippen molar-refractivity contribution < 1.29 is 13.5 Å². The number of hydrogen-bond donors (Lipinski definition) is 0. The van der Waals surface area contributed by atoms with Gasteiger partial charge in [-0.1, -0.05) is 48.5 Å². The summed E-state index contributed by atoms with van der Waals surface area (Å²) in [6.45, 7) is 0.543. The number of rotatable bonds is 7. The van der Waals surface area contributed by atoms with E-state index in [4.69, 9.17) is 10.00 Å². The van der Waals surface area contributed by atoms with Crippen LogP contribution in [0.2, 0.25) is 0 Å². The first-order valence-corrected chi connectivity index (χ1v) is 10.6. The topological polar surface area (TPSA) is 33.0 Å². The highest BCUT2D eigenvalue weighted by atomic mass is 19.1. The van der Waals surface area contributed by atoms with E-state index in [0.717, 1.165) is 22.1 Å². The number of nitrogens with zero attached hydrogens (tertiary/aromatic N) is 1. The van der Waals surface area contributed by atoms with Gasteiger partial charge in [-0.3, -0.25) is 0 Å². The van der Waals surface area contributed by atoms with Crippen molar-refractivity contribution in [1.82, 2.24) is 0 Å². The number of halogens is 2. The second-order valence-corrected chi connectivity index (χ2v) is 7.84. The molecular weight excluding hydrogens is 404 g/mol. The third-order valence-electron chi connectivity index (χ3n) is 5.74. The summed E-state index contributed by atoms with van der Waals surface area (Å²) in [7, 11) is 1.62. The van der Waals surface area contributed by atoms with Crippen LogP contribution in [0.5, 0.6) is 0 Å². The lowest BCUT2D eigenvalue weighted by Crippen LogP contribution is -1.97. The van der Waals surface area contributed by atoms with Gasteiger partial charge in [-0.05, 0) is 71.2 Å². The third kappa shape index (κ3) is 4.69. The Morgan fingerprint density at radius 3 is 2.31 bits per heavy atom. The van der Waals surface area contributed by atoms with Crippen molar-refractivity contribution in [2.45, 2.75) is 19.3 Å². The lowest BCUT2D eigenvalue weighted by atomic mass is 9.96. The van der Waals surface area contributed by atoms with E-state index in [1.54, 1.807) is 43.5 Å². The first kappa shape index (κ1) is 21.7. The normalized spacial score (nSPS) is 10.9. The van der Waals surface area contributed by atoms with Crippen LogP contribution >= 0.6 is 0 Å². The molecule has 0 aliphatic carbocycles. The van der Waals surface area contributed by atoms with Crippen molar-refractivity contribution in [3.8, 4) is 17.2 Å². The minimum atomic E-state index is -0.294. The van der Waals surface area contributed by atoms with E-state index < -0.39 is 0 Å². The fraction of sp³-hybridized carbons (Fsp3) is 0.179. The maximum atomic E-state index is 15.1. The van der Waals surface area contributed by atoms with Crippen molar-refractivity contribution in [2.24, 2.45) is 0 Å². The molecule has 4 rings (SSSR count). The molecule has 0 aliphatic rings. The summed E-state index contributed by atoms with van der Waals surface area (Å²) >= 11 is 0. The average molecular weight is 427 g/mol. The predicted molar refractivity (Wildman–Crippen MR) is 123 cm³/mol. The van der Waals surface area contributed by atoms with E-state index in [-0.39, 0.29) is 11.6 Å². The fourth-order valence-corrected chi connectivity index (χ4v) is 3.89. The first-order chi connectivity index (χ1) is 15.6. The Labute approximate surface area is 186 Å². The Bertz CT molecular complexity index is 1290. The fourth-order valence-electron chi connectivity index (χ4n) is 3.89. The van der Waals surface area contributed by atoms with Gasteiger partial charge in [-0.2, -0.15) is 5.26 Å². The minimum Gasteiger partial charge on any atom is -0.384 e. The van der Waals surface area contributed by atoms with Gasteiger partial charge in [0, 0.05) is 18.1 Å². The standard InChI is InChI=1S/C28H23F2NO/c1-32-15-14-20-7-12-25(27(29)16-20)23-11-13-26-24(17-23)10-9-22(28(26)30)8-6-19-2-4-21(18-31)5-3-19/h2-5,7,9-13,16-17H,6,8,14-15H2,1H3. The largest absolute Gasteiger partial charge is 0.384 e. The van der Waals surface area contributed by atoms with Crippen LogP contribution in [0.1, 0.15) is 22.3 Å². The second-order valence-electron chi connectivity index (χ2n) is 7.84. The van der Waals surface area contributed by atoms with Gasteiger partial charge in [-0.15, -0.1) is 0 Å². The second kappa shape index (κ2) is 9.72. The van der Waals surface area contributed by atoms with Crippen LogP contribution in [0.15, 0.2) is 72.8 Å². The summed E-state index contributed by atoms with van der Waals surface area (Å²) in [4.78, 5) is 0. The van der Waals surface area contributed by atoms with Crippen molar-refractivity contribution in [3.63, 3.8) is 0 Å². The molecule has 32 heavy (non-hydrogen) atoms. The Kier molecular flexibility index (Phi) is 6.58. The molecule has 2 nitrogen and oxygen atoms in total. The van der Waals surface area contributed by atoms with E-state index >= 15 is 4.39 Å². The van der Waals surface area contributed by atoms with Crippen molar-refractivity contribution in [3.05, 3.63) is 107 Å². The molecule has 0 aromatic heterocycles. The number of aryl methyl sites for hydroxylation is 2. The molecule has 160 valence electrons. The average Bonchev–Trinajstić information content (AvgIpc) is 2.82. The van der Waals surface area contributed by atoms with E-state index in [9.17, 15) is 4.39 Å². The maximum Gasteiger partial charge on any atom is 0.134 e. The molecule has 0 saturated carbocycles. The van der Waals surface area contributed by atoms with Gasteiger partial charge in [0.1, 0.15) is 11.6 Å². The summed E-state index contributed by atoms with van der Waals surface area (Å²) in [5, 5.41) is 10.2. The molecule has 0 fully saturated rings. The lowest BCUT2D eigenvalue weighted by molar-refractivity contribution is 0.202. The van der Waals surface area contributed by atoms with Crippen LogP contribution in [0.3, 0.4) is 0 Å². The van der Waals surface area contributed by atoms with E-state index in [2.05, 4.69) is 6.07 Å². The van der Waals surface area contributed by atoms with E-state index in [1.807, 2.05) is 30.3 Å². The lowest BCUT2D eigenvalue weighted by Gasteiger charge is -2.10. The van der Waals surface area contributed by atoms with Gasteiger partial charge in [0.15, 0.2) is 0 Å². The Balaban J connectivity index is 1.56. The van der Waals surface area contributed by atoms with Gasteiger partial charge in [0.25, 0.3) is 0 Å². The maximum absolute atomic E-state index is 15.1. The highest BCUT2D eigenvalue weighted by Crippen LogP contribution is 2.30. The highest BCUT2D eigenvalue weighted by Gasteiger charge is 2.11. The van der Waals surface area contributed by atoms with Crippen LogP contribution in [-0.4, -0.2) is 13.7 Å². The SMILES string of the molecule is COCCc1ccc(-c2ccc3c(F)c(CCc4ccc(C#N)cc4)ccc3c2)c(F)c1. The van der Waals surface area contributed by atoms with E-state index in [0.29, 0.717) is 47.9 Å². The van der Waals surface area contributed by atoms with Crippen molar-refractivity contribution in [2.75, 3.05) is 13.7 Å². The molecule has 0 bridgehead atoms. The van der Waals surface area contributed by atoms with Crippen LogP contribution < -0.4 is 0 Å². The van der Waals surface area contributed by atoms with Gasteiger partial charge in [-0.25, -0.2) is 8.78 Å². The molecule has 4 aromatic rings. The van der Waals surface area contributed by atoms with Crippen LogP contribution in [-0.2, 0) is 24.0 Å². The molecule has 0 saturated heterocycles. The summed E-state index contributed by atoms with van der Waals surface area (Å²) in [6.07, 6.45) is 1.90. The molecular formula is C28H23F2NO. The molecule has 0 N–H and O–H groups in total. The number of nitriles is 1. The van der Waals surface area contributed by atoms with Crippen LogP contribution in [0, 0.1) is 23.0 Å². The van der Waals surface area contributed by atoms with E-state index in [1.165, 1.54) is 6.07 Å². The number of hydrogen-bond acceptors (Lipinski definition) is 2. The number of methoxy groups -OCH3 is 1. The molecule has 4 heteroatoms. The summed E-state index contributed by atoms with van der Waals surface area (Å²) in [5.74, 6) is -0.532. The number of benzene rings is 4. The molecule has 0 heterocycles. The third-order valence-corrected chi connectivity index (χ3v) is 5.74. The van der Waals surface area contributed by atoms with Crippen LogP contribution in [0.4, 0.5) is 8.78 Å². The highest BCUT2D eigenvalue weighted by molar-refractivity contribution is 5.88. The minimum absolute atomic E-state index is 0.238. The van der Waals surface area contributed by atoms with Crippen molar-refractivity contribution in [1.29, 1.82) is 5.26 Å². The molecule has 0 spiro atoms. The smallest absolute Gasteiger partial charge is 0.134 e. The Morgan fingerprint density at radius 1 is 0.812 bits per heavy atom. The molecule has 4 aromatic carbocycles. The quantitative estimate of drug-likeness (QED) is 0.332. The first-order valence-electron chi connectivity index (χ1n) is 10.6. The van der Waals surface area contributed by atoms with Crippen molar-refractivity contribution >= 4 is 10.8 Å². The number of ether oxygens (including phenoxy) is 1. The van der Waals surface area contributed by atoms with Gasteiger partial charge in [0.2, 0.25) is 0 Å². The molecule has 0 aliphatic heterocycles.